The van der Waals surface area contributed by atoms with Gasteiger partial charge in [-0.3, -0.25) is 0 Å². The van der Waals surface area contributed by atoms with Crippen molar-refractivity contribution >= 4 is 0 Å². The van der Waals surface area contributed by atoms with Crippen LogP contribution in [0.15, 0.2) is 34.9 Å². The standard InChI is InChI=1S/C14H16O3/c1-9-10-3-2-4-11(10)12(15)14(13(9)5-6-13)16-7-8-17-14/h2-4,12,15H,5-8H2,1H3/t12-/m1/s1. The van der Waals surface area contributed by atoms with Gasteiger partial charge in [0.05, 0.1) is 13.2 Å². The first kappa shape index (κ1) is 10.1. The minimum absolute atomic E-state index is 0.0791. The molecule has 1 atom stereocenters. The van der Waals surface area contributed by atoms with Crippen LogP contribution in [0.3, 0.4) is 0 Å². The Hall–Kier alpha value is -0.900. The third-order valence-electron chi connectivity index (χ3n) is 4.76. The number of hydrogen-bond acceptors (Lipinski definition) is 3. The predicted octanol–water partition coefficient (Wildman–Crippen LogP) is 1.70. The molecule has 0 bridgehead atoms. The molecule has 1 N–H and O–H groups in total. The Labute approximate surface area is 100 Å². The van der Waals surface area contributed by atoms with E-state index in [0.29, 0.717) is 13.2 Å². The molecule has 0 amide bonds. The lowest BCUT2D eigenvalue weighted by Crippen LogP contribution is -2.55. The number of allylic oxidation sites excluding steroid dienone is 3. The fourth-order valence-electron chi connectivity index (χ4n) is 3.71. The van der Waals surface area contributed by atoms with Crippen molar-refractivity contribution in [2.75, 3.05) is 13.2 Å². The normalized spacial score (nSPS) is 35.6. The first-order valence-corrected chi connectivity index (χ1v) is 6.27. The monoisotopic (exact) mass is 232 g/mol. The number of rotatable bonds is 0. The summed E-state index contributed by atoms with van der Waals surface area (Å²) in [5.41, 5.74) is 3.40. The average Bonchev–Trinajstić information content (AvgIpc) is 2.83. The van der Waals surface area contributed by atoms with Gasteiger partial charge in [-0.05, 0) is 30.9 Å². The minimum atomic E-state index is -0.807. The maximum atomic E-state index is 10.6. The van der Waals surface area contributed by atoms with Crippen molar-refractivity contribution in [3.05, 3.63) is 34.9 Å². The Bertz CT molecular complexity index is 474. The first-order chi connectivity index (χ1) is 8.21. The van der Waals surface area contributed by atoms with Gasteiger partial charge in [0.1, 0.15) is 6.10 Å². The number of fused-ring (bicyclic) bond motifs is 2. The molecule has 1 aliphatic heterocycles. The summed E-state index contributed by atoms with van der Waals surface area (Å²) < 4.78 is 11.8. The zero-order valence-corrected chi connectivity index (χ0v) is 9.90. The van der Waals surface area contributed by atoms with E-state index in [9.17, 15) is 5.11 Å². The van der Waals surface area contributed by atoms with Crippen LogP contribution >= 0.6 is 0 Å². The lowest BCUT2D eigenvalue weighted by Gasteiger charge is -2.45. The Morgan fingerprint density at radius 1 is 1.29 bits per heavy atom. The summed E-state index contributed by atoms with van der Waals surface area (Å²) in [5.74, 6) is -0.807. The molecule has 3 nitrogen and oxygen atoms in total. The summed E-state index contributed by atoms with van der Waals surface area (Å²) in [6, 6.07) is 0. The molecule has 0 aromatic carbocycles. The van der Waals surface area contributed by atoms with Gasteiger partial charge < -0.3 is 14.6 Å². The van der Waals surface area contributed by atoms with Gasteiger partial charge in [-0.1, -0.05) is 23.8 Å². The van der Waals surface area contributed by atoms with Gasteiger partial charge in [-0.15, -0.1) is 0 Å². The zero-order valence-electron chi connectivity index (χ0n) is 9.90. The SMILES string of the molecule is CC1=C2C=CC=C2[C@@H](O)C2(OCCO2)C12CC2. The molecule has 2 spiro atoms. The van der Waals surface area contributed by atoms with E-state index in [1.165, 1.54) is 11.1 Å². The summed E-state index contributed by atoms with van der Waals surface area (Å²) in [4.78, 5) is 0. The van der Waals surface area contributed by atoms with Crippen molar-refractivity contribution in [2.24, 2.45) is 5.41 Å². The highest BCUT2D eigenvalue weighted by Gasteiger charge is 2.70. The maximum absolute atomic E-state index is 10.6. The van der Waals surface area contributed by atoms with Gasteiger partial charge in [-0.2, -0.15) is 0 Å². The molecular weight excluding hydrogens is 216 g/mol. The topological polar surface area (TPSA) is 38.7 Å². The number of aliphatic hydroxyl groups is 1. The Morgan fingerprint density at radius 3 is 2.65 bits per heavy atom. The molecule has 1 heterocycles. The van der Waals surface area contributed by atoms with Crippen LogP contribution in [-0.2, 0) is 9.47 Å². The molecule has 1 saturated heterocycles. The van der Waals surface area contributed by atoms with Gasteiger partial charge in [0, 0.05) is 5.41 Å². The van der Waals surface area contributed by atoms with Gasteiger partial charge in [0.25, 0.3) is 0 Å². The van der Waals surface area contributed by atoms with E-state index in [1.807, 2.05) is 12.2 Å². The number of hydrogen-bond donors (Lipinski definition) is 1. The van der Waals surface area contributed by atoms with Crippen molar-refractivity contribution in [1.29, 1.82) is 0 Å². The molecule has 0 aromatic heterocycles. The van der Waals surface area contributed by atoms with E-state index in [4.69, 9.17) is 9.47 Å². The van der Waals surface area contributed by atoms with Gasteiger partial charge in [-0.25, -0.2) is 0 Å². The molecule has 0 unspecified atom stereocenters. The Kier molecular flexibility index (Phi) is 1.72. The van der Waals surface area contributed by atoms with Crippen LogP contribution in [0.1, 0.15) is 19.8 Å². The maximum Gasteiger partial charge on any atom is 0.208 e. The molecule has 4 rings (SSSR count). The molecule has 0 aromatic rings. The molecule has 3 aliphatic carbocycles. The second kappa shape index (κ2) is 2.91. The van der Waals surface area contributed by atoms with Crippen LogP contribution in [-0.4, -0.2) is 30.2 Å². The van der Waals surface area contributed by atoms with Gasteiger partial charge in [0.15, 0.2) is 0 Å². The minimum Gasteiger partial charge on any atom is -0.383 e. The lowest BCUT2D eigenvalue weighted by atomic mass is 9.72. The summed E-state index contributed by atoms with van der Waals surface area (Å²) in [6.45, 7) is 3.33. The molecule has 3 heteroatoms. The molecular formula is C14H16O3. The van der Waals surface area contributed by atoms with Gasteiger partial charge >= 0.3 is 0 Å². The molecule has 17 heavy (non-hydrogen) atoms. The first-order valence-electron chi connectivity index (χ1n) is 6.27. The highest BCUT2D eigenvalue weighted by molar-refractivity contribution is 5.59. The number of aliphatic hydroxyl groups excluding tert-OH is 1. The van der Waals surface area contributed by atoms with Crippen molar-refractivity contribution in [2.45, 2.75) is 31.7 Å². The zero-order chi connectivity index (χ0) is 11.7. The largest absolute Gasteiger partial charge is 0.383 e. The molecule has 90 valence electrons. The van der Waals surface area contributed by atoms with Crippen LogP contribution in [0.5, 0.6) is 0 Å². The second-order valence-electron chi connectivity index (χ2n) is 5.37. The van der Waals surface area contributed by atoms with Crippen molar-refractivity contribution in [1.82, 2.24) is 0 Å². The quantitative estimate of drug-likeness (QED) is 0.691. The van der Waals surface area contributed by atoms with E-state index in [0.717, 1.165) is 18.4 Å². The van der Waals surface area contributed by atoms with E-state index in [-0.39, 0.29) is 5.41 Å². The van der Waals surface area contributed by atoms with Crippen molar-refractivity contribution in [3.8, 4) is 0 Å². The molecule has 2 fully saturated rings. The summed E-state index contributed by atoms with van der Waals surface area (Å²) in [7, 11) is 0. The van der Waals surface area contributed by atoms with Gasteiger partial charge in [0.2, 0.25) is 5.79 Å². The van der Waals surface area contributed by atoms with E-state index >= 15 is 0 Å². The molecule has 0 radical (unpaired) electrons. The lowest BCUT2D eigenvalue weighted by molar-refractivity contribution is -0.246. The van der Waals surface area contributed by atoms with E-state index in [1.54, 1.807) is 0 Å². The van der Waals surface area contributed by atoms with Crippen molar-refractivity contribution in [3.63, 3.8) is 0 Å². The Balaban J connectivity index is 1.95. The highest BCUT2D eigenvalue weighted by Crippen LogP contribution is 2.67. The number of ether oxygens (including phenoxy) is 2. The van der Waals surface area contributed by atoms with E-state index < -0.39 is 11.9 Å². The van der Waals surface area contributed by atoms with Crippen LogP contribution in [0, 0.1) is 5.41 Å². The fourth-order valence-corrected chi connectivity index (χ4v) is 3.71. The molecule has 4 aliphatic rings. The van der Waals surface area contributed by atoms with Crippen LogP contribution in [0.2, 0.25) is 0 Å². The summed E-state index contributed by atoms with van der Waals surface area (Å²) in [6.07, 6.45) is 7.53. The smallest absolute Gasteiger partial charge is 0.208 e. The van der Waals surface area contributed by atoms with Crippen molar-refractivity contribution < 1.29 is 14.6 Å². The second-order valence-corrected chi connectivity index (χ2v) is 5.37. The van der Waals surface area contributed by atoms with Crippen LogP contribution in [0.25, 0.3) is 0 Å². The summed E-state index contributed by atoms with van der Waals surface area (Å²) in [5, 5.41) is 10.6. The fraction of sp³-hybridized carbons (Fsp3) is 0.571. The predicted molar refractivity (Wildman–Crippen MR) is 62.2 cm³/mol. The third-order valence-corrected chi connectivity index (χ3v) is 4.76. The summed E-state index contributed by atoms with van der Waals surface area (Å²) >= 11 is 0. The van der Waals surface area contributed by atoms with Crippen LogP contribution in [0.4, 0.5) is 0 Å². The average molecular weight is 232 g/mol. The highest BCUT2D eigenvalue weighted by atomic mass is 16.7. The Morgan fingerprint density at radius 2 is 2.00 bits per heavy atom. The van der Waals surface area contributed by atoms with E-state index in [2.05, 4.69) is 13.0 Å². The van der Waals surface area contributed by atoms with Crippen LogP contribution < -0.4 is 0 Å². The molecule has 1 saturated carbocycles. The third kappa shape index (κ3) is 0.955.